The first kappa shape index (κ1) is 13.1. The van der Waals surface area contributed by atoms with Crippen LogP contribution in [-0.2, 0) is 17.7 Å². The lowest BCUT2D eigenvalue weighted by atomic mass is 10.00. The van der Waals surface area contributed by atoms with Gasteiger partial charge in [-0.3, -0.25) is 4.90 Å². The molecular weight excluding hydrogens is 238 g/mol. The van der Waals surface area contributed by atoms with Crippen LogP contribution in [-0.4, -0.2) is 42.4 Å². The Morgan fingerprint density at radius 3 is 2.84 bits per heavy atom. The van der Waals surface area contributed by atoms with Gasteiger partial charge in [0.25, 0.3) is 0 Å². The number of β-amino-alcohol motifs (C(OH)–C–C–N with tert-alkyl or cyclic N) is 1. The fourth-order valence-corrected chi connectivity index (χ4v) is 2.72. The molecule has 1 fully saturated rings. The second-order valence-corrected chi connectivity index (χ2v) is 5.89. The number of aliphatic hydroxyl groups is 1. The molecule has 0 bridgehead atoms. The van der Waals surface area contributed by atoms with E-state index < -0.39 is 0 Å². The molecule has 1 aromatic rings. The summed E-state index contributed by atoms with van der Waals surface area (Å²) in [5, 5.41) is 10.0. The Balaban J connectivity index is 1.42. The molecule has 0 amide bonds. The third kappa shape index (κ3) is 3.78. The number of hydrogen-bond donors (Lipinski definition) is 1. The van der Waals surface area contributed by atoms with Gasteiger partial charge in [0.05, 0.1) is 12.7 Å². The summed E-state index contributed by atoms with van der Waals surface area (Å²) >= 11 is 0. The Morgan fingerprint density at radius 1 is 1.26 bits per heavy atom. The smallest absolute Gasteiger partial charge is 0.0900 e. The number of benzene rings is 1. The van der Waals surface area contributed by atoms with E-state index in [4.69, 9.17) is 4.74 Å². The van der Waals surface area contributed by atoms with Gasteiger partial charge < -0.3 is 9.84 Å². The van der Waals surface area contributed by atoms with E-state index in [2.05, 4.69) is 29.2 Å². The van der Waals surface area contributed by atoms with E-state index in [1.165, 1.54) is 24.0 Å². The molecule has 2 aliphatic rings. The maximum atomic E-state index is 10.0. The van der Waals surface area contributed by atoms with Crippen LogP contribution >= 0.6 is 0 Å². The molecule has 1 unspecified atom stereocenters. The lowest BCUT2D eigenvalue weighted by Gasteiger charge is -2.30. The second kappa shape index (κ2) is 6.04. The highest BCUT2D eigenvalue weighted by atomic mass is 16.5. The summed E-state index contributed by atoms with van der Waals surface area (Å²) in [5.74, 6) is 0.772. The van der Waals surface area contributed by atoms with Crippen LogP contribution in [0.2, 0.25) is 0 Å². The van der Waals surface area contributed by atoms with E-state index in [1.54, 1.807) is 0 Å². The second-order valence-electron chi connectivity index (χ2n) is 5.89. The molecule has 1 aliphatic carbocycles. The van der Waals surface area contributed by atoms with E-state index in [0.717, 1.165) is 38.6 Å². The average Bonchev–Trinajstić information content (AvgIpc) is 3.23. The zero-order valence-corrected chi connectivity index (χ0v) is 11.4. The van der Waals surface area contributed by atoms with Gasteiger partial charge >= 0.3 is 0 Å². The quantitative estimate of drug-likeness (QED) is 0.848. The van der Waals surface area contributed by atoms with Gasteiger partial charge in [0.1, 0.15) is 0 Å². The lowest BCUT2D eigenvalue weighted by Crippen LogP contribution is -2.38. The highest BCUT2D eigenvalue weighted by Gasteiger charge is 2.22. The summed E-state index contributed by atoms with van der Waals surface area (Å²) in [7, 11) is 0. The van der Waals surface area contributed by atoms with Gasteiger partial charge in [0, 0.05) is 26.2 Å². The Morgan fingerprint density at radius 2 is 2.05 bits per heavy atom. The van der Waals surface area contributed by atoms with Crippen molar-refractivity contribution < 1.29 is 9.84 Å². The maximum absolute atomic E-state index is 10.0. The summed E-state index contributed by atoms with van der Waals surface area (Å²) in [6, 6.07) is 8.60. The third-order valence-corrected chi connectivity index (χ3v) is 4.04. The van der Waals surface area contributed by atoms with Gasteiger partial charge in [0.2, 0.25) is 0 Å². The molecule has 3 rings (SSSR count). The molecule has 19 heavy (non-hydrogen) atoms. The molecule has 1 aromatic carbocycles. The standard InChI is InChI=1S/C16H23NO2/c18-16(12-19-11-13-5-6-13)10-17-8-7-14-3-1-2-4-15(14)9-17/h1-4,13,16,18H,5-12H2. The Bertz CT molecular complexity index is 417. The van der Waals surface area contributed by atoms with Gasteiger partial charge in [-0.25, -0.2) is 0 Å². The number of rotatable bonds is 6. The van der Waals surface area contributed by atoms with E-state index in [-0.39, 0.29) is 6.10 Å². The third-order valence-electron chi connectivity index (χ3n) is 4.04. The van der Waals surface area contributed by atoms with E-state index in [9.17, 15) is 5.11 Å². The molecule has 0 aromatic heterocycles. The molecule has 1 atom stereocenters. The highest BCUT2D eigenvalue weighted by Crippen LogP contribution is 2.28. The number of hydrogen-bond acceptors (Lipinski definition) is 3. The van der Waals surface area contributed by atoms with Crippen molar-refractivity contribution in [1.82, 2.24) is 4.90 Å². The van der Waals surface area contributed by atoms with Crippen LogP contribution < -0.4 is 0 Å². The number of ether oxygens (including phenoxy) is 1. The molecule has 3 nitrogen and oxygen atoms in total. The van der Waals surface area contributed by atoms with Crippen LogP contribution in [0.4, 0.5) is 0 Å². The minimum atomic E-state index is -0.357. The first-order valence-electron chi connectivity index (χ1n) is 7.36. The fourth-order valence-electron chi connectivity index (χ4n) is 2.72. The van der Waals surface area contributed by atoms with Gasteiger partial charge in [-0.1, -0.05) is 24.3 Å². The molecule has 0 spiro atoms. The SMILES string of the molecule is OC(COCC1CC1)CN1CCc2ccccc2C1. The molecule has 3 heteroatoms. The Labute approximate surface area is 115 Å². The van der Waals surface area contributed by atoms with E-state index >= 15 is 0 Å². The van der Waals surface area contributed by atoms with Gasteiger partial charge in [-0.2, -0.15) is 0 Å². The molecule has 1 aliphatic heterocycles. The van der Waals surface area contributed by atoms with Crippen LogP contribution in [0.1, 0.15) is 24.0 Å². The molecule has 1 heterocycles. The summed E-state index contributed by atoms with van der Waals surface area (Å²) < 4.78 is 5.55. The number of aliphatic hydroxyl groups excluding tert-OH is 1. The predicted molar refractivity (Wildman–Crippen MR) is 75.0 cm³/mol. The number of nitrogens with zero attached hydrogens (tertiary/aromatic N) is 1. The average molecular weight is 261 g/mol. The van der Waals surface area contributed by atoms with Crippen molar-refractivity contribution in [3.63, 3.8) is 0 Å². The first-order valence-corrected chi connectivity index (χ1v) is 7.36. The summed E-state index contributed by atoms with van der Waals surface area (Å²) in [6.45, 7) is 4.03. The molecule has 1 saturated carbocycles. The van der Waals surface area contributed by atoms with E-state index in [0.29, 0.717) is 6.61 Å². The van der Waals surface area contributed by atoms with Crippen molar-refractivity contribution in [1.29, 1.82) is 0 Å². The molecule has 104 valence electrons. The summed E-state index contributed by atoms with van der Waals surface area (Å²) in [6.07, 6.45) is 3.34. The lowest BCUT2D eigenvalue weighted by molar-refractivity contribution is 0.0109. The normalized spacial score (nSPS) is 21.1. The van der Waals surface area contributed by atoms with Crippen molar-refractivity contribution >= 4 is 0 Å². The fraction of sp³-hybridized carbons (Fsp3) is 0.625. The van der Waals surface area contributed by atoms with Crippen LogP contribution in [0.15, 0.2) is 24.3 Å². The van der Waals surface area contributed by atoms with Gasteiger partial charge in [0.15, 0.2) is 0 Å². The van der Waals surface area contributed by atoms with Crippen molar-refractivity contribution in [3.05, 3.63) is 35.4 Å². The molecule has 0 saturated heterocycles. The largest absolute Gasteiger partial charge is 0.389 e. The maximum Gasteiger partial charge on any atom is 0.0900 e. The minimum Gasteiger partial charge on any atom is -0.389 e. The van der Waals surface area contributed by atoms with Gasteiger partial charge in [-0.05, 0) is 36.3 Å². The van der Waals surface area contributed by atoms with Crippen LogP contribution in [0, 0.1) is 5.92 Å². The monoisotopic (exact) mass is 261 g/mol. The first-order chi connectivity index (χ1) is 9.31. The Kier molecular flexibility index (Phi) is 4.16. The van der Waals surface area contributed by atoms with Crippen LogP contribution in [0.5, 0.6) is 0 Å². The van der Waals surface area contributed by atoms with Crippen molar-refractivity contribution in [3.8, 4) is 0 Å². The van der Waals surface area contributed by atoms with Crippen LogP contribution in [0.25, 0.3) is 0 Å². The highest BCUT2D eigenvalue weighted by molar-refractivity contribution is 5.29. The van der Waals surface area contributed by atoms with Crippen molar-refractivity contribution in [2.45, 2.75) is 31.9 Å². The predicted octanol–water partition coefficient (Wildman–Crippen LogP) is 1.83. The zero-order chi connectivity index (χ0) is 13.1. The Hall–Kier alpha value is -0.900. The van der Waals surface area contributed by atoms with E-state index in [1.807, 2.05) is 0 Å². The van der Waals surface area contributed by atoms with Crippen molar-refractivity contribution in [2.75, 3.05) is 26.3 Å². The topological polar surface area (TPSA) is 32.7 Å². The zero-order valence-electron chi connectivity index (χ0n) is 11.4. The van der Waals surface area contributed by atoms with Crippen LogP contribution in [0.3, 0.4) is 0 Å². The van der Waals surface area contributed by atoms with Gasteiger partial charge in [-0.15, -0.1) is 0 Å². The molecule has 1 N–H and O–H groups in total. The molecular formula is C16H23NO2. The minimum absolute atomic E-state index is 0.357. The van der Waals surface area contributed by atoms with Crippen molar-refractivity contribution in [2.24, 2.45) is 5.92 Å². The molecule has 0 radical (unpaired) electrons. The summed E-state index contributed by atoms with van der Waals surface area (Å²) in [4.78, 5) is 2.33. The number of fused-ring (bicyclic) bond motifs is 1. The summed E-state index contributed by atoms with van der Waals surface area (Å²) in [5.41, 5.74) is 2.86.